The molecule has 0 saturated carbocycles. The summed E-state index contributed by atoms with van der Waals surface area (Å²) in [6, 6.07) is 11.9. The first kappa shape index (κ1) is 18.5. The standard InChI is InChI=1S/C20H24N2O3S/c23-19(22-12-5-8-18(22)17-10-13-26-15-17)9-4-11-21-20(24)25-14-16-6-2-1-3-7-16/h1-3,6-7,10,13,15,18H,4-5,8-9,11-12,14H2,(H,21,24)/t18-/m1/s1. The molecule has 5 nitrogen and oxygen atoms in total. The molecule has 6 heteroatoms. The minimum atomic E-state index is -0.446. The van der Waals surface area contributed by atoms with Crippen LogP contribution >= 0.6 is 11.3 Å². The van der Waals surface area contributed by atoms with Crippen molar-refractivity contribution in [3.05, 3.63) is 58.3 Å². The minimum Gasteiger partial charge on any atom is -0.445 e. The lowest BCUT2D eigenvalue weighted by atomic mass is 10.1. The molecule has 1 aliphatic heterocycles. The second kappa shape index (κ2) is 9.38. The highest BCUT2D eigenvalue weighted by molar-refractivity contribution is 7.08. The van der Waals surface area contributed by atoms with Gasteiger partial charge in [-0.25, -0.2) is 4.79 Å². The summed E-state index contributed by atoms with van der Waals surface area (Å²) in [7, 11) is 0. The number of hydrogen-bond donors (Lipinski definition) is 1. The van der Waals surface area contributed by atoms with Gasteiger partial charge in [-0.05, 0) is 47.2 Å². The summed E-state index contributed by atoms with van der Waals surface area (Å²) < 4.78 is 5.16. The fourth-order valence-electron chi connectivity index (χ4n) is 3.22. The molecule has 2 amide bonds. The van der Waals surface area contributed by atoms with Crippen molar-refractivity contribution in [2.75, 3.05) is 13.1 Å². The van der Waals surface area contributed by atoms with Crippen molar-refractivity contribution in [2.24, 2.45) is 0 Å². The number of carbonyl (C=O) groups is 2. The van der Waals surface area contributed by atoms with Crippen molar-refractivity contribution in [3.63, 3.8) is 0 Å². The quantitative estimate of drug-likeness (QED) is 0.744. The minimum absolute atomic E-state index is 0.165. The van der Waals surface area contributed by atoms with Crippen molar-refractivity contribution >= 4 is 23.3 Å². The molecular weight excluding hydrogens is 348 g/mol. The number of carbonyl (C=O) groups excluding carboxylic acids is 2. The molecule has 138 valence electrons. The van der Waals surface area contributed by atoms with E-state index < -0.39 is 6.09 Å². The molecule has 1 aromatic carbocycles. The van der Waals surface area contributed by atoms with Gasteiger partial charge >= 0.3 is 6.09 Å². The zero-order valence-corrected chi connectivity index (χ0v) is 15.5. The second-order valence-electron chi connectivity index (χ2n) is 6.39. The number of amides is 2. The van der Waals surface area contributed by atoms with Crippen LogP contribution < -0.4 is 5.32 Å². The first-order chi connectivity index (χ1) is 12.7. The third-order valence-electron chi connectivity index (χ3n) is 4.55. The number of ether oxygens (including phenoxy) is 1. The van der Waals surface area contributed by atoms with E-state index in [4.69, 9.17) is 4.74 Å². The molecule has 3 rings (SSSR count). The number of benzene rings is 1. The van der Waals surface area contributed by atoms with Crippen LogP contribution in [0, 0.1) is 0 Å². The van der Waals surface area contributed by atoms with Crippen LogP contribution in [-0.4, -0.2) is 30.0 Å². The highest BCUT2D eigenvalue weighted by Gasteiger charge is 2.29. The summed E-state index contributed by atoms with van der Waals surface area (Å²) in [4.78, 5) is 26.2. The normalized spacial score (nSPS) is 16.5. The van der Waals surface area contributed by atoms with E-state index in [1.165, 1.54) is 5.56 Å². The van der Waals surface area contributed by atoms with Gasteiger partial charge in [-0.1, -0.05) is 30.3 Å². The maximum absolute atomic E-state index is 12.5. The van der Waals surface area contributed by atoms with E-state index in [9.17, 15) is 9.59 Å². The van der Waals surface area contributed by atoms with E-state index >= 15 is 0 Å². The van der Waals surface area contributed by atoms with Crippen molar-refractivity contribution < 1.29 is 14.3 Å². The van der Waals surface area contributed by atoms with Crippen molar-refractivity contribution in [1.29, 1.82) is 0 Å². The molecule has 1 saturated heterocycles. The van der Waals surface area contributed by atoms with Gasteiger partial charge in [-0.15, -0.1) is 0 Å². The molecule has 1 fully saturated rings. The van der Waals surface area contributed by atoms with Crippen LogP contribution in [0.1, 0.15) is 42.9 Å². The molecule has 2 aromatic rings. The van der Waals surface area contributed by atoms with Crippen LogP contribution in [-0.2, 0) is 16.1 Å². The SMILES string of the molecule is O=C(NCCCC(=O)N1CCC[C@@H]1c1ccsc1)OCc1ccccc1. The van der Waals surface area contributed by atoms with Crippen LogP contribution in [0.15, 0.2) is 47.2 Å². The first-order valence-electron chi connectivity index (χ1n) is 9.00. The molecule has 1 aromatic heterocycles. The molecule has 1 aliphatic rings. The van der Waals surface area contributed by atoms with Gasteiger partial charge in [-0.3, -0.25) is 4.79 Å². The zero-order valence-electron chi connectivity index (χ0n) is 14.7. The smallest absolute Gasteiger partial charge is 0.407 e. The number of thiophene rings is 1. The van der Waals surface area contributed by atoms with Gasteiger partial charge in [0.1, 0.15) is 6.61 Å². The summed E-state index contributed by atoms with van der Waals surface area (Å²) in [5.74, 6) is 0.165. The van der Waals surface area contributed by atoms with Crippen molar-refractivity contribution in [3.8, 4) is 0 Å². The molecule has 0 spiro atoms. The Morgan fingerprint density at radius 2 is 2.08 bits per heavy atom. The first-order valence-corrected chi connectivity index (χ1v) is 9.94. The predicted octanol–water partition coefficient (Wildman–Crippen LogP) is 4.12. The van der Waals surface area contributed by atoms with E-state index in [2.05, 4.69) is 22.1 Å². The van der Waals surface area contributed by atoms with Crippen LogP contribution in [0.25, 0.3) is 0 Å². The van der Waals surface area contributed by atoms with Crippen molar-refractivity contribution in [1.82, 2.24) is 10.2 Å². The zero-order chi connectivity index (χ0) is 18.2. The molecule has 0 aliphatic carbocycles. The number of likely N-dealkylation sites (tertiary alicyclic amines) is 1. The molecule has 2 heterocycles. The Hall–Kier alpha value is -2.34. The van der Waals surface area contributed by atoms with Gasteiger partial charge in [0.15, 0.2) is 0 Å². The van der Waals surface area contributed by atoms with E-state index in [0.29, 0.717) is 19.4 Å². The van der Waals surface area contributed by atoms with E-state index in [1.807, 2.05) is 35.2 Å². The Kier molecular flexibility index (Phi) is 6.66. The van der Waals surface area contributed by atoms with Crippen molar-refractivity contribution in [2.45, 2.75) is 38.3 Å². The molecular formula is C20H24N2O3S. The second-order valence-corrected chi connectivity index (χ2v) is 7.17. The van der Waals surface area contributed by atoms with E-state index in [0.717, 1.165) is 24.9 Å². The summed E-state index contributed by atoms with van der Waals surface area (Å²) in [6.45, 7) is 1.52. The monoisotopic (exact) mass is 372 g/mol. The van der Waals surface area contributed by atoms with E-state index in [1.54, 1.807) is 11.3 Å². The van der Waals surface area contributed by atoms with Gasteiger partial charge in [0.2, 0.25) is 5.91 Å². The maximum Gasteiger partial charge on any atom is 0.407 e. The molecule has 26 heavy (non-hydrogen) atoms. The average Bonchev–Trinajstić information content (AvgIpc) is 3.35. The topological polar surface area (TPSA) is 58.6 Å². The average molecular weight is 372 g/mol. The number of hydrogen-bond acceptors (Lipinski definition) is 4. The Morgan fingerprint density at radius 1 is 1.23 bits per heavy atom. The number of nitrogens with zero attached hydrogens (tertiary/aromatic N) is 1. The van der Waals surface area contributed by atoms with E-state index in [-0.39, 0.29) is 18.6 Å². The third kappa shape index (κ3) is 5.08. The van der Waals surface area contributed by atoms with Crippen LogP contribution in [0.4, 0.5) is 4.79 Å². The Bertz CT molecular complexity index is 703. The lowest BCUT2D eigenvalue weighted by molar-refractivity contribution is -0.132. The summed E-state index contributed by atoms with van der Waals surface area (Å²) in [6.07, 6.45) is 2.70. The molecule has 0 bridgehead atoms. The molecule has 0 unspecified atom stereocenters. The lowest BCUT2D eigenvalue weighted by Crippen LogP contribution is -2.31. The largest absolute Gasteiger partial charge is 0.445 e. The van der Waals surface area contributed by atoms with Crippen LogP contribution in [0.5, 0.6) is 0 Å². The van der Waals surface area contributed by atoms with Gasteiger partial charge in [0.05, 0.1) is 6.04 Å². The summed E-state index contributed by atoms with van der Waals surface area (Å²) in [5, 5.41) is 6.89. The fourth-order valence-corrected chi connectivity index (χ4v) is 3.93. The Labute approximate surface area is 158 Å². The van der Waals surface area contributed by atoms with Gasteiger partial charge < -0.3 is 15.0 Å². The summed E-state index contributed by atoms with van der Waals surface area (Å²) in [5.41, 5.74) is 2.19. The lowest BCUT2D eigenvalue weighted by Gasteiger charge is -2.24. The predicted molar refractivity (Wildman–Crippen MR) is 102 cm³/mol. The molecule has 0 radical (unpaired) electrons. The number of rotatable bonds is 7. The molecule has 1 N–H and O–H groups in total. The Morgan fingerprint density at radius 3 is 2.85 bits per heavy atom. The third-order valence-corrected chi connectivity index (χ3v) is 5.25. The van der Waals surface area contributed by atoms with Crippen LogP contribution in [0.2, 0.25) is 0 Å². The highest BCUT2D eigenvalue weighted by atomic mass is 32.1. The number of alkyl carbamates (subject to hydrolysis) is 1. The van der Waals surface area contributed by atoms with Crippen LogP contribution in [0.3, 0.4) is 0 Å². The van der Waals surface area contributed by atoms with Gasteiger partial charge in [0.25, 0.3) is 0 Å². The van der Waals surface area contributed by atoms with Gasteiger partial charge in [-0.2, -0.15) is 11.3 Å². The fraction of sp³-hybridized carbons (Fsp3) is 0.400. The van der Waals surface area contributed by atoms with Gasteiger partial charge in [0, 0.05) is 19.5 Å². The molecule has 1 atom stereocenters. The summed E-state index contributed by atoms with van der Waals surface area (Å²) >= 11 is 1.67. The Balaban J connectivity index is 1.34. The highest BCUT2D eigenvalue weighted by Crippen LogP contribution is 2.33. The number of nitrogens with one attached hydrogen (secondary N) is 1. The maximum atomic E-state index is 12.5.